The van der Waals surface area contributed by atoms with E-state index < -0.39 is 0 Å². The lowest BCUT2D eigenvalue weighted by Gasteiger charge is -2.37. The zero-order chi connectivity index (χ0) is 13.6. The first-order valence-electron chi connectivity index (χ1n) is 7.32. The maximum Gasteiger partial charge on any atom is 0.268 e. The number of rotatable bonds is 5. The summed E-state index contributed by atoms with van der Waals surface area (Å²) in [4.78, 5) is 0. The molecule has 19 heavy (non-hydrogen) atoms. The minimum Gasteiger partial charge on any atom is -0.396 e. The molecule has 0 aromatic heterocycles. The van der Waals surface area contributed by atoms with Gasteiger partial charge in [-0.15, -0.1) is 0 Å². The molecule has 1 aromatic rings. The van der Waals surface area contributed by atoms with Crippen molar-refractivity contribution in [3.8, 4) is 5.97 Å². The summed E-state index contributed by atoms with van der Waals surface area (Å²) in [5.74, 6) is 2.39. The Balaban J connectivity index is 1.87. The van der Waals surface area contributed by atoms with Gasteiger partial charge in [0.05, 0.1) is 0 Å². The molecule has 1 aliphatic heterocycles. The van der Waals surface area contributed by atoms with E-state index in [4.69, 9.17) is 5.26 Å². The van der Waals surface area contributed by atoms with E-state index in [2.05, 4.69) is 30.2 Å². The van der Waals surface area contributed by atoms with Crippen molar-refractivity contribution in [2.45, 2.75) is 44.7 Å². The highest BCUT2D eigenvalue weighted by Crippen LogP contribution is 2.40. The van der Waals surface area contributed by atoms with Gasteiger partial charge in [-0.2, -0.15) is 0 Å². The first-order valence-corrected chi connectivity index (χ1v) is 7.32. The molecule has 1 fully saturated rings. The van der Waals surface area contributed by atoms with Crippen molar-refractivity contribution in [1.29, 1.82) is 5.26 Å². The van der Waals surface area contributed by atoms with Gasteiger partial charge in [-0.05, 0) is 36.7 Å². The summed E-state index contributed by atoms with van der Waals surface area (Å²) >= 11 is 0. The number of hydrogen-bond donors (Lipinski definition) is 1. The Labute approximate surface area is 116 Å². The molecule has 0 saturated carbocycles. The number of aryl methyl sites for hydroxylation is 1. The predicted octanol–water partition coefficient (Wildman–Crippen LogP) is 3.34. The van der Waals surface area contributed by atoms with Gasteiger partial charge in [0.15, 0.2) is 0 Å². The van der Waals surface area contributed by atoms with Crippen LogP contribution in [0.4, 0.5) is 0 Å². The van der Waals surface area contributed by atoms with Gasteiger partial charge in [0.2, 0.25) is 0 Å². The van der Waals surface area contributed by atoms with Crippen LogP contribution in [0.25, 0.3) is 0 Å². The third kappa shape index (κ3) is 3.85. The molecule has 0 bridgehead atoms. The van der Waals surface area contributed by atoms with Gasteiger partial charge in [0.1, 0.15) is 0 Å². The van der Waals surface area contributed by atoms with E-state index in [1.54, 1.807) is 0 Å². The van der Waals surface area contributed by atoms with E-state index in [0.29, 0.717) is 0 Å². The van der Waals surface area contributed by atoms with E-state index in [1.165, 1.54) is 5.56 Å². The van der Waals surface area contributed by atoms with Crippen molar-refractivity contribution in [1.82, 2.24) is 0 Å². The van der Waals surface area contributed by atoms with E-state index in [1.807, 2.05) is 6.07 Å². The minimum absolute atomic E-state index is 0.00737. The summed E-state index contributed by atoms with van der Waals surface area (Å²) in [6.07, 6.45) is 7.27. The zero-order valence-electron chi connectivity index (χ0n) is 11.5. The van der Waals surface area contributed by atoms with Crippen LogP contribution >= 0.6 is 0 Å². The Morgan fingerprint density at radius 1 is 1.32 bits per heavy atom. The monoisotopic (exact) mass is 255 g/mol. The van der Waals surface area contributed by atoms with E-state index in [0.717, 1.165) is 44.7 Å². The second-order valence-electron chi connectivity index (χ2n) is 5.92. The Kier molecular flexibility index (Phi) is 5.04. The Morgan fingerprint density at radius 3 is 2.79 bits per heavy atom. The molecule has 1 unspecified atom stereocenters. The predicted molar refractivity (Wildman–Crippen MR) is 79.1 cm³/mol. The second kappa shape index (κ2) is 6.77. The van der Waals surface area contributed by atoms with Gasteiger partial charge < -0.3 is 5.11 Å². The van der Waals surface area contributed by atoms with E-state index >= 15 is 0 Å². The first-order chi connectivity index (χ1) is 9.28. The SMILES string of the molecule is N#CB1CCCC(CO)(CCCc2ccccc2)C1. The van der Waals surface area contributed by atoms with Crippen LogP contribution in [0.3, 0.4) is 0 Å². The third-order valence-electron chi connectivity index (χ3n) is 4.47. The van der Waals surface area contributed by atoms with Gasteiger partial charge in [0, 0.05) is 12.6 Å². The van der Waals surface area contributed by atoms with Crippen LogP contribution in [0, 0.1) is 16.6 Å². The molecule has 1 saturated heterocycles. The fourth-order valence-corrected chi connectivity index (χ4v) is 3.32. The van der Waals surface area contributed by atoms with E-state index in [-0.39, 0.29) is 18.7 Å². The van der Waals surface area contributed by atoms with E-state index in [9.17, 15) is 5.11 Å². The summed E-state index contributed by atoms with van der Waals surface area (Å²) in [6, 6.07) is 10.5. The molecule has 0 spiro atoms. The normalized spacial score (nSPS) is 23.1. The highest BCUT2D eigenvalue weighted by atomic mass is 16.3. The lowest BCUT2D eigenvalue weighted by atomic mass is 9.37. The minimum atomic E-state index is 0.00737. The van der Waals surface area contributed by atoms with Gasteiger partial charge in [-0.1, -0.05) is 49.4 Å². The number of aliphatic hydroxyl groups is 1. The van der Waals surface area contributed by atoms with Crippen molar-refractivity contribution in [3.05, 3.63) is 35.9 Å². The molecule has 1 N–H and O–H groups in total. The average molecular weight is 255 g/mol. The molecule has 2 nitrogen and oxygen atoms in total. The highest BCUT2D eigenvalue weighted by Gasteiger charge is 2.37. The average Bonchev–Trinajstić information content (AvgIpc) is 2.48. The quantitative estimate of drug-likeness (QED) is 0.820. The molecular weight excluding hydrogens is 233 g/mol. The van der Waals surface area contributed by atoms with Crippen molar-refractivity contribution in [3.63, 3.8) is 0 Å². The molecule has 0 radical (unpaired) electrons. The van der Waals surface area contributed by atoms with Gasteiger partial charge >= 0.3 is 0 Å². The molecule has 100 valence electrons. The molecule has 2 rings (SSSR count). The smallest absolute Gasteiger partial charge is 0.268 e. The van der Waals surface area contributed by atoms with Crippen LogP contribution in [0.1, 0.15) is 31.2 Å². The number of aliphatic hydroxyl groups excluding tert-OH is 1. The van der Waals surface area contributed by atoms with Crippen LogP contribution in [0.2, 0.25) is 12.6 Å². The van der Waals surface area contributed by atoms with Gasteiger partial charge in [-0.3, -0.25) is 0 Å². The van der Waals surface area contributed by atoms with Crippen molar-refractivity contribution < 1.29 is 5.11 Å². The van der Waals surface area contributed by atoms with Crippen molar-refractivity contribution in [2.24, 2.45) is 5.41 Å². The molecule has 1 aliphatic rings. The fraction of sp³-hybridized carbons (Fsp3) is 0.562. The molecular formula is C16H22BNO. The van der Waals surface area contributed by atoms with Crippen molar-refractivity contribution in [2.75, 3.05) is 6.61 Å². The lowest BCUT2D eigenvalue weighted by Crippen LogP contribution is -2.35. The summed E-state index contributed by atoms with van der Waals surface area (Å²) in [6.45, 7) is 0.387. The van der Waals surface area contributed by atoms with Gasteiger partial charge in [0.25, 0.3) is 6.71 Å². The molecule has 3 heteroatoms. The largest absolute Gasteiger partial charge is 0.396 e. The molecule has 1 atom stereocenters. The molecule has 0 aliphatic carbocycles. The number of nitriles is 1. The Morgan fingerprint density at radius 2 is 2.11 bits per heavy atom. The summed E-state index contributed by atoms with van der Waals surface area (Å²) in [5.41, 5.74) is 1.37. The first kappa shape index (κ1) is 14.2. The molecule has 1 heterocycles. The zero-order valence-corrected chi connectivity index (χ0v) is 11.5. The van der Waals surface area contributed by atoms with Crippen LogP contribution < -0.4 is 0 Å². The maximum atomic E-state index is 9.74. The molecule has 1 aromatic carbocycles. The number of benzene rings is 1. The fourth-order valence-electron chi connectivity index (χ4n) is 3.32. The Hall–Kier alpha value is -1.27. The van der Waals surface area contributed by atoms with Crippen LogP contribution in [-0.2, 0) is 6.42 Å². The van der Waals surface area contributed by atoms with Crippen LogP contribution in [0.5, 0.6) is 0 Å². The second-order valence-corrected chi connectivity index (χ2v) is 5.92. The lowest BCUT2D eigenvalue weighted by molar-refractivity contribution is 0.114. The summed E-state index contributed by atoms with van der Waals surface area (Å²) in [5, 5.41) is 18.8. The Bertz CT molecular complexity index is 428. The van der Waals surface area contributed by atoms with Crippen LogP contribution in [0.15, 0.2) is 30.3 Å². The highest BCUT2D eigenvalue weighted by molar-refractivity contribution is 6.67. The topological polar surface area (TPSA) is 44.0 Å². The summed E-state index contributed by atoms with van der Waals surface area (Å²) < 4.78 is 0. The number of hydrogen-bond acceptors (Lipinski definition) is 2. The number of nitrogens with zero attached hydrogens (tertiary/aromatic N) is 1. The van der Waals surface area contributed by atoms with Crippen LogP contribution in [-0.4, -0.2) is 18.4 Å². The van der Waals surface area contributed by atoms with Gasteiger partial charge in [-0.25, -0.2) is 5.26 Å². The molecule has 0 amide bonds. The maximum absolute atomic E-state index is 9.74. The van der Waals surface area contributed by atoms with Crippen molar-refractivity contribution >= 4 is 6.71 Å². The standard InChI is InChI=1S/C16H22BNO/c18-14-17-11-5-10-16(12-17,13-19)9-4-8-15-6-2-1-3-7-15/h1-3,6-7,19H,4-5,8-13H2. The third-order valence-corrected chi connectivity index (χ3v) is 4.47. The summed E-state index contributed by atoms with van der Waals surface area (Å²) in [7, 11) is 0.